The molecule has 1 aliphatic rings. The molecule has 2 atom stereocenters. The predicted molar refractivity (Wildman–Crippen MR) is 73.2 cm³/mol. The molecule has 1 saturated carbocycles. The van der Waals surface area contributed by atoms with E-state index in [9.17, 15) is 5.11 Å². The third kappa shape index (κ3) is 3.07. The molecule has 2 rings (SSSR count). The van der Waals surface area contributed by atoms with Crippen molar-refractivity contribution in [3.05, 3.63) is 24.0 Å². The summed E-state index contributed by atoms with van der Waals surface area (Å²) in [4.78, 5) is 4.19. The third-order valence-corrected chi connectivity index (χ3v) is 3.78. The number of nitrogens with zero attached hydrogens (tertiary/aromatic N) is 1. The van der Waals surface area contributed by atoms with Crippen molar-refractivity contribution in [3.63, 3.8) is 0 Å². The Bertz CT molecular complexity index is 410. The average Bonchev–Trinajstić information content (AvgIpc) is 2.46. The summed E-state index contributed by atoms with van der Waals surface area (Å²) in [6.07, 6.45) is 7.90. The summed E-state index contributed by atoms with van der Waals surface area (Å²) in [5.41, 5.74) is -0.140. The highest BCUT2D eigenvalue weighted by Crippen LogP contribution is 2.39. The van der Waals surface area contributed by atoms with E-state index in [2.05, 4.69) is 11.9 Å². The van der Waals surface area contributed by atoms with Crippen LogP contribution in [0.1, 0.15) is 44.6 Å². The van der Waals surface area contributed by atoms with Gasteiger partial charge in [-0.2, -0.15) is 0 Å². The third-order valence-electron chi connectivity index (χ3n) is 3.78. The fourth-order valence-electron chi connectivity index (χ4n) is 2.72. The van der Waals surface area contributed by atoms with Crippen LogP contribution in [0.3, 0.4) is 0 Å². The first-order chi connectivity index (χ1) is 9.20. The van der Waals surface area contributed by atoms with Gasteiger partial charge in [0.2, 0.25) is 0 Å². The van der Waals surface area contributed by atoms with Gasteiger partial charge in [0, 0.05) is 18.9 Å². The molecule has 0 radical (unpaired) electrons. The van der Waals surface area contributed by atoms with E-state index in [-0.39, 0.29) is 6.10 Å². The molecule has 1 aromatic heterocycles. The van der Waals surface area contributed by atoms with Crippen LogP contribution in [-0.4, -0.2) is 29.9 Å². The van der Waals surface area contributed by atoms with Crippen LogP contribution in [0.5, 0.6) is 5.75 Å². The van der Waals surface area contributed by atoms with Gasteiger partial charge in [0.25, 0.3) is 0 Å². The van der Waals surface area contributed by atoms with E-state index in [1.165, 1.54) is 0 Å². The number of hydrogen-bond acceptors (Lipinski definition) is 4. The lowest BCUT2D eigenvalue weighted by molar-refractivity contribution is -0.122. The van der Waals surface area contributed by atoms with Crippen molar-refractivity contribution >= 4 is 0 Å². The lowest BCUT2D eigenvalue weighted by atomic mass is 9.78. The van der Waals surface area contributed by atoms with Gasteiger partial charge in [0.1, 0.15) is 11.4 Å². The van der Waals surface area contributed by atoms with Gasteiger partial charge >= 0.3 is 0 Å². The first-order valence-electron chi connectivity index (χ1n) is 7.04. The van der Waals surface area contributed by atoms with E-state index in [4.69, 9.17) is 9.47 Å². The van der Waals surface area contributed by atoms with Gasteiger partial charge in [-0.1, -0.05) is 19.8 Å². The summed E-state index contributed by atoms with van der Waals surface area (Å²) in [6, 6.07) is 1.89. The molecular formula is C15H23NO3. The van der Waals surface area contributed by atoms with Crippen LogP contribution >= 0.6 is 0 Å². The Balaban J connectivity index is 2.23. The highest BCUT2D eigenvalue weighted by molar-refractivity contribution is 5.29. The summed E-state index contributed by atoms with van der Waals surface area (Å²) in [5.74, 6) is 0.716. The van der Waals surface area contributed by atoms with Crippen LogP contribution in [0.25, 0.3) is 0 Å². The van der Waals surface area contributed by atoms with Crippen LogP contribution in [-0.2, 0) is 10.3 Å². The molecule has 1 aliphatic carbocycles. The molecule has 1 fully saturated rings. The lowest BCUT2D eigenvalue weighted by Crippen LogP contribution is -2.43. The topological polar surface area (TPSA) is 51.6 Å². The Morgan fingerprint density at radius 3 is 3.00 bits per heavy atom. The molecule has 0 amide bonds. The van der Waals surface area contributed by atoms with E-state index >= 15 is 0 Å². The number of rotatable bonds is 5. The molecule has 0 bridgehead atoms. The first kappa shape index (κ1) is 14.3. The molecule has 0 saturated heterocycles. The maximum absolute atomic E-state index is 10.9. The molecule has 0 aliphatic heterocycles. The van der Waals surface area contributed by atoms with E-state index in [0.717, 1.165) is 31.2 Å². The van der Waals surface area contributed by atoms with Crippen LogP contribution in [0, 0.1) is 0 Å². The van der Waals surface area contributed by atoms with Crippen LogP contribution in [0.15, 0.2) is 18.5 Å². The lowest BCUT2D eigenvalue weighted by Gasteiger charge is -2.39. The SMILES string of the molecule is CCCOc1cncc(C2(O)CCCCC2OC)c1. The highest BCUT2D eigenvalue weighted by atomic mass is 16.5. The first-order valence-corrected chi connectivity index (χ1v) is 7.04. The van der Waals surface area contributed by atoms with E-state index in [1.807, 2.05) is 6.07 Å². The van der Waals surface area contributed by atoms with Gasteiger partial charge in [-0.15, -0.1) is 0 Å². The molecular weight excluding hydrogens is 242 g/mol. The number of hydrogen-bond donors (Lipinski definition) is 1. The summed E-state index contributed by atoms with van der Waals surface area (Å²) >= 11 is 0. The number of aliphatic hydroxyl groups is 1. The Labute approximate surface area is 114 Å². The van der Waals surface area contributed by atoms with Gasteiger partial charge in [0.05, 0.1) is 18.9 Å². The fourth-order valence-corrected chi connectivity index (χ4v) is 2.72. The van der Waals surface area contributed by atoms with Crippen LogP contribution < -0.4 is 4.74 Å². The number of ether oxygens (including phenoxy) is 2. The summed E-state index contributed by atoms with van der Waals surface area (Å²) in [5, 5.41) is 10.9. The van der Waals surface area contributed by atoms with Gasteiger partial charge in [0.15, 0.2) is 0 Å². The standard InChI is InChI=1S/C15H23NO3/c1-3-8-19-13-9-12(10-16-11-13)15(17)7-5-4-6-14(15)18-2/h9-11,14,17H,3-8H2,1-2H3. The molecule has 4 heteroatoms. The van der Waals surface area contributed by atoms with Crippen LogP contribution in [0.2, 0.25) is 0 Å². The number of methoxy groups -OCH3 is 1. The number of aromatic nitrogens is 1. The Morgan fingerprint density at radius 2 is 2.26 bits per heavy atom. The second-order valence-electron chi connectivity index (χ2n) is 5.15. The zero-order valence-corrected chi connectivity index (χ0v) is 11.8. The number of pyridine rings is 1. The van der Waals surface area contributed by atoms with Crippen molar-refractivity contribution in [2.24, 2.45) is 0 Å². The quantitative estimate of drug-likeness (QED) is 0.889. The summed E-state index contributed by atoms with van der Waals surface area (Å²) in [7, 11) is 1.66. The molecule has 0 aromatic carbocycles. The average molecular weight is 265 g/mol. The molecule has 106 valence electrons. The maximum Gasteiger partial charge on any atom is 0.137 e. The second kappa shape index (κ2) is 6.35. The Kier molecular flexibility index (Phi) is 4.77. The van der Waals surface area contributed by atoms with Crippen molar-refractivity contribution in [1.82, 2.24) is 4.98 Å². The van der Waals surface area contributed by atoms with Gasteiger partial charge in [-0.05, 0) is 25.3 Å². The van der Waals surface area contributed by atoms with Gasteiger partial charge in [-0.25, -0.2) is 0 Å². The zero-order valence-electron chi connectivity index (χ0n) is 11.8. The van der Waals surface area contributed by atoms with Crippen molar-refractivity contribution in [1.29, 1.82) is 0 Å². The second-order valence-corrected chi connectivity index (χ2v) is 5.15. The van der Waals surface area contributed by atoms with Gasteiger partial charge < -0.3 is 14.6 Å². The van der Waals surface area contributed by atoms with Crippen molar-refractivity contribution in [3.8, 4) is 5.75 Å². The van der Waals surface area contributed by atoms with Crippen molar-refractivity contribution in [2.45, 2.75) is 50.7 Å². The molecule has 0 spiro atoms. The largest absolute Gasteiger partial charge is 0.492 e. The minimum atomic E-state index is -0.939. The normalized spacial score (nSPS) is 27.2. The molecule has 4 nitrogen and oxygen atoms in total. The monoisotopic (exact) mass is 265 g/mol. The summed E-state index contributed by atoms with van der Waals surface area (Å²) in [6.45, 7) is 2.73. The minimum absolute atomic E-state index is 0.163. The highest BCUT2D eigenvalue weighted by Gasteiger charge is 2.41. The van der Waals surface area contributed by atoms with Crippen LogP contribution in [0.4, 0.5) is 0 Å². The molecule has 1 heterocycles. The van der Waals surface area contributed by atoms with Gasteiger partial charge in [-0.3, -0.25) is 4.98 Å². The smallest absolute Gasteiger partial charge is 0.137 e. The predicted octanol–water partition coefficient (Wildman–Crippen LogP) is 2.65. The maximum atomic E-state index is 10.9. The van der Waals surface area contributed by atoms with E-state index < -0.39 is 5.60 Å². The summed E-state index contributed by atoms with van der Waals surface area (Å²) < 4.78 is 11.0. The molecule has 19 heavy (non-hydrogen) atoms. The molecule has 1 aromatic rings. The minimum Gasteiger partial charge on any atom is -0.492 e. The van der Waals surface area contributed by atoms with E-state index in [0.29, 0.717) is 18.8 Å². The van der Waals surface area contributed by atoms with E-state index in [1.54, 1.807) is 19.5 Å². The van der Waals surface area contributed by atoms with Crippen molar-refractivity contribution < 1.29 is 14.6 Å². The Hall–Kier alpha value is -1.13. The Morgan fingerprint density at radius 1 is 1.42 bits per heavy atom. The van der Waals surface area contributed by atoms with Crippen molar-refractivity contribution in [2.75, 3.05) is 13.7 Å². The zero-order chi connectivity index (χ0) is 13.7. The molecule has 1 N–H and O–H groups in total. The molecule has 2 unspecified atom stereocenters. The fraction of sp³-hybridized carbons (Fsp3) is 0.667.